The van der Waals surface area contributed by atoms with Crippen molar-refractivity contribution in [2.75, 3.05) is 19.0 Å². The van der Waals surface area contributed by atoms with E-state index in [1.165, 1.54) is 16.8 Å². The van der Waals surface area contributed by atoms with Gasteiger partial charge in [0.25, 0.3) is 0 Å². The first kappa shape index (κ1) is 29.1. The van der Waals surface area contributed by atoms with E-state index in [-0.39, 0.29) is 11.3 Å². The van der Waals surface area contributed by atoms with Crippen LogP contribution in [-0.4, -0.2) is 44.9 Å². The number of azo groups is 1. The van der Waals surface area contributed by atoms with Crippen molar-refractivity contribution in [2.24, 2.45) is 10.2 Å². The van der Waals surface area contributed by atoms with Gasteiger partial charge in [0, 0.05) is 19.8 Å². The minimum atomic E-state index is -1.98. The fraction of sp³-hybridized carbons (Fsp3) is 0.0606. The summed E-state index contributed by atoms with van der Waals surface area (Å²) in [5, 5.41) is 17.5. The molecule has 1 radical (unpaired) electrons. The molecule has 0 saturated heterocycles. The van der Waals surface area contributed by atoms with Crippen molar-refractivity contribution in [2.45, 2.75) is 0 Å². The van der Waals surface area contributed by atoms with E-state index in [1.807, 2.05) is 25.1 Å². The molecular formula is C33H29ClN3O2Sn. The second kappa shape index (κ2) is 14.4. The molecule has 7 heteroatoms. The molecule has 0 aromatic heterocycles. The summed E-state index contributed by atoms with van der Waals surface area (Å²) in [6.07, 6.45) is 0. The fourth-order valence-electron chi connectivity index (χ4n) is 4.02. The van der Waals surface area contributed by atoms with Gasteiger partial charge in [-0.1, -0.05) is 23.7 Å². The number of aromatic carboxylic acids is 1. The fourth-order valence-corrected chi connectivity index (χ4v) is 11.6. The zero-order valence-electron chi connectivity index (χ0n) is 22.3. The van der Waals surface area contributed by atoms with Gasteiger partial charge >= 0.3 is 127 Å². The molecule has 0 aliphatic rings. The molecule has 1 N–H and O–H groups in total. The van der Waals surface area contributed by atoms with Gasteiger partial charge < -0.3 is 10.0 Å². The summed E-state index contributed by atoms with van der Waals surface area (Å²) in [5.74, 6) is -1.04. The molecule has 40 heavy (non-hydrogen) atoms. The first-order chi connectivity index (χ1) is 19.4. The van der Waals surface area contributed by atoms with Crippen molar-refractivity contribution in [1.29, 1.82) is 0 Å². The Morgan fingerprint density at radius 2 is 1.10 bits per heavy atom. The van der Waals surface area contributed by atoms with Crippen LogP contribution >= 0.6 is 11.6 Å². The Morgan fingerprint density at radius 1 is 0.650 bits per heavy atom. The van der Waals surface area contributed by atoms with Crippen LogP contribution in [0.25, 0.3) is 0 Å². The zero-order chi connectivity index (χ0) is 28.3. The van der Waals surface area contributed by atoms with Gasteiger partial charge in [-0.2, -0.15) is 0 Å². The predicted molar refractivity (Wildman–Crippen MR) is 167 cm³/mol. The van der Waals surface area contributed by atoms with E-state index in [9.17, 15) is 4.79 Å². The molecule has 0 spiro atoms. The Labute approximate surface area is 247 Å². The van der Waals surface area contributed by atoms with Crippen LogP contribution in [0.1, 0.15) is 10.4 Å². The summed E-state index contributed by atoms with van der Waals surface area (Å²) in [4.78, 5) is 13.0. The summed E-state index contributed by atoms with van der Waals surface area (Å²) < 4.78 is 4.59. The van der Waals surface area contributed by atoms with Crippen LogP contribution in [0, 0.1) is 0 Å². The average Bonchev–Trinajstić information content (AvgIpc) is 2.99. The first-order valence-corrected chi connectivity index (χ1v) is 17.3. The molecule has 199 valence electrons. The molecule has 0 atom stereocenters. The number of carboxylic acid groups (broad SMARTS) is 1. The number of hydrogen-bond acceptors (Lipinski definition) is 4. The van der Waals surface area contributed by atoms with Crippen molar-refractivity contribution in [1.82, 2.24) is 0 Å². The van der Waals surface area contributed by atoms with Crippen LogP contribution in [0.15, 0.2) is 144 Å². The van der Waals surface area contributed by atoms with Crippen molar-refractivity contribution in [3.05, 3.63) is 144 Å². The van der Waals surface area contributed by atoms with E-state index in [2.05, 4.69) is 101 Å². The normalized spacial score (nSPS) is 10.7. The average molecular weight is 654 g/mol. The van der Waals surface area contributed by atoms with Crippen molar-refractivity contribution in [3.63, 3.8) is 0 Å². The molecule has 0 saturated carbocycles. The predicted octanol–water partition coefficient (Wildman–Crippen LogP) is 6.72. The molecule has 0 aliphatic heterocycles. The first-order valence-electron chi connectivity index (χ1n) is 12.7. The molecule has 5 rings (SSSR count). The Bertz CT molecular complexity index is 1470. The Balaban J connectivity index is 0.000000186. The number of rotatable bonds is 7. The summed E-state index contributed by atoms with van der Waals surface area (Å²) in [7, 11) is 3.83. The molecule has 0 heterocycles. The molecule has 0 amide bonds. The van der Waals surface area contributed by atoms with Gasteiger partial charge in [-0.05, 0) is 30.3 Å². The van der Waals surface area contributed by atoms with Gasteiger partial charge in [0.05, 0.1) is 10.6 Å². The molecule has 5 aromatic rings. The van der Waals surface area contributed by atoms with Crippen molar-refractivity contribution in [3.8, 4) is 0 Å². The van der Waals surface area contributed by atoms with Gasteiger partial charge in [0.15, 0.2) is 0 Å². The molecule has 5 nitrogen and oxygen atoms in total. The van der Waals surface area contributed by atoms with Crippen LogP contribution < -0.4 is 15.6 Å². The van der Waals surface area contributed by atoms with E-state index in [0.29, 0.717) is 10.7 Å². The number of halogens is 1. The summed E-state index contributed by atoms with van der Waals surface area (Å²) >= 11 is 4.16. The number of carboxylic acids is 1. The van der Waals surface area contributed by atoms with E-state index < -0.39 is 25.7 Å². The van der Waals surface area contributed by atoms with Gasteiger partial charge in [-0.15, -0.1) is 10.2 Å². The summed E-state index contributed by atoms with van der Waals surface area (Å²) in [6.45, 7) is 0. The van der Waals surface area contributed by atoms with Crippen molar-refractivity contribution >= 4 is 65.1 Å². The number of carbonyl (C=O) groups is 1. The van der Waals surface area contributed by atoms with Crippen LogP contribution in [0.2, 0.25) is 5.02 Å². The van der Waals surface area contributed by atoms with Gasteiger partial charge in [0.2, 0.25) is 0 Å². The molecule has 0 aliphatic carbocycles. The number of hydrogen-bond donors (Lipinski definition) is 1. The molecule has 0 bridgehead atoms. The molecular weight excluding hydrogens is 625 g/mol. The second-order valence-corrected chi connectivity index (χ2v) is 16.5. The Hall–Kier alpha value is -3.94. The third-order valence-corrected chi connectivity index (χ3v) is 14.1. The second-order valence-electron chi connectivity index (χ2n) is 9.03. The maximum absolute atomic E-state index is 11.1. The van der Waals surface area contributed by atoms with Gasteiger partial charge in [0.1, 0.15) is 11.4 Å². The summed E-state index contributed by atoms with van der Waals surface area (Å²) in [6, 6.07) is 44.7. The van der Waals surface area contributed by atoms with Gasteiger partial charge in [-0.25, -0.2) is 4.79 Å². The van der Waals surface area contributed by atoms with Gasteiger partial charge in [-0.3, -0.25) is 0 Å². The van der Waals surface area contributed by atoms with E-state index >= 15 is 0 Å². The van der Waals surface area contributed by atoms with Crippen LogP contribution in [0.5, 0.6) is 0 Å². The molecule has 0 unspecified atom stereocenters. The Kier molecular flexibility index (Phi) is 10.5. The monoisotopic (exact) mass is 654 g/mol. The van der Waals surface area contributed by atoms with Crippen LogP contribution in [0.4, 0.5) is 17.1 Å². The van der Waals surface area contributed by atoms with Crippen LogP contribution in [0.3, 0.4) is 0 Å². The summed E-state index contributed by atoms with van der Waals surface area (Å²) in [5.41, 5.74) is 1.83. The topological polar surface area (TPSA) is 65.3 Å². The minimum absolute atomic E-state index is 0.0993. The number of nitrogens with zero attached hydrogens (tertiary/aromatic N) is 3. The number of benzene rings is 5. The van der Waals surface area contributed by atoms with Crippen molar-refractivity contribution < 1.29 is 9.90 Å². The third kappa shape index (κ3) is 7.80. The van der Waals surface area contributed by atoms with E-state index in [0.717, 1.165) is 5.69 Å². The maximum atomic E-state index is 11.1. The SMILES string of the molecule is CN(C)c1ccc(N=Nc2ccccc2C(=O)O)c(Cl)c1.c1cc[c]([Sn]([c]2ccccc2)[c]2ccccc2)cc1. The number of anilines is 1. The van der Waals surface area contributed by atoms with E-state index in [1.54, 1.807) is 30.3 Å². The molecule has 0 fully saturated rings. The standard InChI is InChI=1S/C15H14ClN3O2.3C6H5.Sn/c1-19(2)10-7-8-14(12(16)9-10)18-17-13-6-4-3-5-11(13)15(20)21;3*1-2-4-6-5-3-1;/h3-9H,1-2H3,(H,20,21);3*1-5H;. The zero-order valence-corrected chi connectivity index (χ0v) is 25.9. The van der Waals surface area contributed by atoms with E-state index in [4.69, 9.17) is 16.7 Å². The third-order valence-electron chi connectivity index (χ3n) is 6.03. The molecule has 5 aromatic carbocycles. The van der Waals surface area contributed by atoms with Crippen LogP contribution in [-0.2, 0) is 0 Å². The quantitative estimate of drug-likeness (QED) is 0.157. The Morgan fingerprint density at radius 3 is 1.55 bits per heavy atom.